The number of ketones is 1. The lowest BCUT2D eigenvalue weighted by Crippen LogP contribution is -2.13. The van der Waals surface area contributed by atoms with E-state index in [9.17, 15) is 4.79 Å². The van der Waals surface area contributed by atoms with Crippen molar-refractivity contribution in [2.24, 2.45) is 0 Å². The van der Waals surface area contributed by atoms with Gasteiger partial charge < -0.3 is 9.64 Å². The third kappa shape index (κ3) is 4.59. The lowest BCUT2D eigenvalue weighted by Gasteiger charge is -2.12. The Morgan fingerprint density at radius 1 is 1.28 bits per heavy atom. The molecule has 0 aromatic heterocycles. The molecule has 0 aliphatic rings. The lowest BCUT2D eigenvalue weighted by atomic mass is 10.2. The predicted octanol–water partition coefficient (Wildman–Crippen LogP) is 3.75. The van der Waals surface area contributed by atoms with E-state index in [0.29, 0.717) is 22.2 Å². The standard InChI is InChI=1S/C13H15Cl2NO2/c1-4-12(17)13(8-16(2)3)18-11-6-9(14)5-10(15)7-11/h5-8H,4H2,1-3H3/b13-8+. The Morgan fingerprint density at radius 3 is 2.28 bits per heavy atom. The first-order chi connectivity index (χ1) is 8.42. The van der Waals surface area contributed by atoms with Crippen molar-refractivity contribution in [1.29, 1.82) is 0 Å². The molecule has 0 N–H and O–H groups in total. The van der Waals surface area contributed by atoms with Gasteiger partial charge in [-0.25, -0.2) is 0 Å². The fourth-order valence-corrected chi connectivity index (χ4v) is 1.78. The van der Waals surface area contributed by atoms with E-state index >= 15 is 0 Å². The molecule has 0 aliphatic heterocycles. The Balaban J connectivity index is 2.99. The van der Waals surface area contributed by atoms with Crippen molar-refractivity contribution < 1.29 is 9.53 Å². The highest BCUT2D eigenvalue weighted by molar-refractivity contribution is 6.34. The van der Waals surface area contributed by atoms with Crippen LogP contribution in [0.4, 0.5) is 0 Å². The van der Waals surface area contributed by atoms with Gasteiger partial charge in [0.1, 0.15) is 5.75 Å². The van der Waals surface area contributed by atoms with Crippen molar-refractivity contribution in [3.63, 3.8) is 0 Å². The van der Waals surface area contributed by atoms with Crippen LogP contribution < -0.4 is 4.74 Å². The van der Waals surface area contributed by atoms with Gasteiger partial charge in [0.2, 0.25) is 0 Å². The normalized spacial score (nSPS) is 11.3. The van der Waals surface area contributed by atoms with Gasteiger partial charge in [0.25, 0.3) is 0 Å². The Labute approximate surface area is 117 Å². The largest absolute Gasteiger partial charge is 0.452 e. The smallest absolute Gasteiger partial charge is 0.199 e. The first kappa shape index (κ1) is 14.9. The summed E-state index contributed by atoms with van der Waals surface area (Å²) in [5.41, 5.74) is 0. The Bertz CT molecular complexity index is 450. The van der Waals surface area contributed by atoms with Crippen molar-refractivity contribution in [3.8, 4) is 5.75 Å². The molecular formula is C13H15Cl2NO2. The molecule has 0 heterocycles. The summed E-state index contributed by atoms with van der Waals surface area (Å²) >= 11 is 11.7. The van der Waals surface area contributed by atoms with Crippen LogP contribution in [0.5, 0.6) is 5.75 Å². The third-order valence-corrected chi connectivity index (χ3v) is 2.47. The lowest BCUT2D eigenvalue weighted by molar-refractivity contribution is -0.117. The fraction of sp³-hybridized carbons (Fsp3) is 0.308. The van der Waals surface area contributed by atoms with Gasteiger partial charge in [-0.2, -0.15) is 0 Å². The Morgan fingerprint density at radius 2 is 1.83 bits per heavy atom. The average Bonchev–Trinajstić information content (AvgIpc) is 2.25. The van der Waals surface area contributed by atoms with E-state index in [4.69, 9.17) is 27.9 Å². The molecule has 0 spiro atoms. The predicted molar refractivity (Wildman–Crippen MR) is 74.2 cm³/mol. The van der Waals surface area contributed by atoms with Gasteiger partial charge in [-0.15, -0.1) is 0 Å². The second kappa shape index (κ2) is 6.66. The molecule has 1 aromatic rings. The second-order valence-corrected chi connectivity index (χ2v) is 4.81. The van der Waals surface area contributed by atoms with E-state index in [1.165, 1.54) is 0 Å². The second-order valence-electron chi connectivity index (χ2n) is 3.94. The minimum atomic E-state index is -0.0835. The zero-order chi connectivity index (χ0) is 13.7. The molecule has 0 atom stereocenters. The minimum absolute atomic E-state index is 0.0835. The van der Waals surface area contributed by atoms with Crippen LogP contribution in [0.2, 0.25) is 10.0 Å². The van der Waals surface area contributed by atoms with Crippen LogP contribution in [-0.2, 0) is 4.79 Å². The topological polar surface area (TPSA) is 29.5 Å². The maximum absolute atomic E-state index is 11.7. The number of hydrogen-bond donors (Lipinski definition) is 0. The molecule has 0 radical (unpaired) electrons. The van der Waals surface area contributed by atoms with Crippen molar-refractivity contribution in [1.82, 2.24) is 4.90 Å². The third-order valence-electron chi connectivity index (χ3n) is 2.04. The Kier molecular flexibility index (Phi) is 5.51. The van der Waals surface area contributed by atoms with Gasteiger partial charge in [-0.3, -0.25) is 4.79 Å². The fourth-order valence-electron chi connectivity index (χ4n) is 1.28. The van der Waals surface area contributed by atoms with Crippen LogP contribution in [-0.4, -0.2) is 24.8 Å². The van der Waals surface area contributed by atoms with Gasteiger partial charge in [-0.1, -0.05) is 30.1 Å². The number of carbonyl (C=O) groups excluding carboxylic acids is 1. The number of benzene rings is 1. The Hall–Kier alpha value is -1.19. The van der Waals surface area contributed by atoms with Crippen molar-refractivity contribution in [2.45, 2.75) is 13.3 Å². The zero-order valence-corrected chi connectivity index (χ0v) is 12.0. The van der Waals surface area contributed by atoms with E-state index in [-0.39, 0.29) is 11.5 Å². The number of hydrogen-bond acceptors (Lipinski definition) is 3. The summed E-state index contributed by atoms with van der Waals surface area (Å²) in [6, 6.07) is 4.83. The first-order valence-electron chi connectivity index (χ1n) is 5.47. The van der Waals surface area contributed by atoms with Gasteiger partial charge in [0.15, 0.2) is 11.5 Å². The maximum Gasteiger partial charge on any atom is 0.199 e. The van der Waals surface area contributed by atoms with Crippen LogP contribution in [0.1, 0.15) is 13.3 Å². The molecule has 3 nitrogen and oxygen atoms in total. The van der Waals surface area contributed by atoms with Crippen LogP contribution in [0.25, 0.3) is 0 Å². The summed E-state index contributed by atoms with van der Waals surface area (Å²) < 4.78 is 5.54. The number of ether oxygens (including phenoxy) is 1. The van der Waals surface area contributed by atoms with E-state index < -0.39 is 0 Å². The number of rotatable bonds is 5. The monoisotopic (exact) mass is 287 g/mol. The molecule has 0 aliphatic carbocycles. The van der Waals surface area contributed by atoms with Crippen LogP contribution in [0.3, 0.4) is 0 Å². The molecule has 0 fully saturated rings. The highest BCUT2D eigenvalue weighted by atomic mass is 35.5. The van der Waals surface area contributed by atoms with E-state index in [2.05, 4.69) is 0 Å². The summed E-state index contributed by atoms with van der Waals surface area (Å²) in [6.07, 6.45) is 1.99. The first-order valence-corrected chi connectivity index (χ1v) is 6.23. The van der Waals surface area contributed by atoms with E-state index in [1.54, 1.807) is 36.2 Å². The number of halogens is 2. The number of Topliss-reactive ketones (excluding diaryl/α,β-unsaturated/α-hetero) is 1. The summed E-state index contributed by atoms with van der Waals surface area (Å²) in [6.45, 7) is 1.78. The van der Waals surface area contributed by atoms with Crippen molar-refractivity contribution in [2.75, 3.05) is 14.1 Å². The van der Waals surface area contributed by atoms with Crippen molar-refractivity contribution in [3.05, 3.63) is 40.2 Å². The molecule has 0 saturated heterocycles. The molecule has 1 rings (SSSR count). The van der Waals surface area contributed by atoms with Crippen molar-refractivity contribution >= 4 is 29.0 Å². The molecule has 5 heteroatoms. The van der Waals surface area contributed by atoms with Crippen LogP contribution in [0.15, 0.2) is 30.2 Å². The maximum atomic E-state index is 11.7. The number of allylic oxidation sites excluding steroid dienone is 1. The summed E-state index contributed by atoms with van der Waals surface area (Å²) in [4.78, 5) is 13.5. The molecule has 0 saturated carbocycles. The van der Waals surface area contributed by atoms with Gasteiger partial charge in [-0.05, 0) is 18.2 Å². The van der Waals surface area contributed by atoms with E-state index in [0.717, 1.165) is 0 Å². The van der Waals surface area contributed by atoms with E-state index in [1.807, 2.05) is 14.1 Å². The summed E-state index contributed by atoms with van der Waals surface area (Å²) in [5.74, 6) is 0.628. The molecule has 1 aromatic carbocycles. The molecule has 18 heavy (non-hydrogen) atoms. The highest BCUT2D eigenvalue weighted by Gasteiger charge is 2.11. The van der Waals surface area contributed by atoms with Crippen LogP contribution >= 0.6 is 23.2 Å². The number of carbonyl (C=O) groups is 1. The van der Waals surface area contributed by atoms with Gasteiger partial charge in [0, 0.05) is 36.8 Å². The summed E-state index contributed by atoms with van der Waals surface area (Å²) in [5, 5.41) is 0.927. The quantitative estimate of drug-likeness (QED) is 0.610. The molecule has 0 amide bonds. The number of nitrogens with zero attached hydrogens (tertiary/aromatic N) is 1. The average molecular weight is 288 g/mol. The molecular weight excluding hydrogens is 273 g/mol. The highest BCUT2D eigenvalue weighted by Crippen LogP contribution is 2.25. The minimum Gasteiger partial charge on any atom is -0.452 e. The van der Waals surface area contributed by atoms with Crippen LogP contribution in [0, 0.1) is 0 Å². The summed E-state index contributed by atoms with van der Waals surface area (Å²) in [7, 11) is 3.63. The zero-order valence-electron chi connectivity index (χ0n) is 10.5. The van der Waals surface area contributed by atoms with Gasteiger partial charge >= 0.3 is 0 Å². The molecule has 98 valence electrons. The molecule has 0 bridgehead atoms. The molecule has 0 unspecified atom stereocenters. The van der Waals surface area contributed by atoms with Gasteiger partial charge in [0.05, 0.1) is 0 Å². The SMILES string of the molecule is CCC(=O)/C(=C\N(C)C)Oc1cc(Cl)cc(Cl)c1.